The van der Waals surface area contributed by atoms with Gasteiger partial charge in [-0.25, -0.2) is 9.18 Å². The summed E-state index contributed by atoms with van der Waals surface area (Å²) in [7, 11) is 1.35. The quantitative estimate of drug-likeness (QED) is 0.487. The molecule has 0 aliphatic carbocycles. The van der Waals surface area contributed by atoms with Crippen molar-refractivity contribution in [1.82, 2.24) is 0 Å². The summed E-state index contributed by atoms with van der Waals surface area (Å²) >= 11 is 0. The van der Waals surface area contributed by atoms with Crippen molar-refractivity contribution in [3.63, 3.8) is 0 Å². The minimum Gasteiger partial charge on any atom is -0.493 e. The highest BCUT2D eigenvalue weighted by Crippen LogP contribution is 2.32. The van der Waals surface area contributed by atoms with Crippen molar-refractivity contribution in [3.05, 3.63) is 59.4 Å². The zero-order valence-electron chi connectivity index (χ0n) is 11.3. The molecular formula is C15H10F4O3. The van der Waals surface area contributed by atoms with Gasteiger partial charge in [-0.15, -0.1) is 0 Å². The zero-order valence-corrected chi connectivity index (χ0v) is 11.3. The van der Waals surface area contributed by atoms with Crippen LogP contribution in [0, 0.1) is 5.82 Å². The highest BCUT2D eigenvalue weighted by atomic mass is 19.4. The Labute approximate surface area is 123 Å². The van der Waals surface area contributed by atoms with Crippen molar-refractivity contribution < 1.29 is 31.8 Å². The van der Waals surface area contributed by atoms with Crippen molar-refractivity contribution in [2.45, 2.75) is 6.18 Å². The Bertz CT molecular complexity index is 695. The second-order valence-corrected chi connectivity index (χ2v) is 4.23. The molecule has 0 saturated carbocycles. The zero-order chi connectivity index (χ0) is 16.3. The van der Waals surface area contributed by atoms with Gasteiger partial charge < -0.3 is 9.47 Å². The monoisotopic (exact) mass is 314 g/mol. The summed E-state index contributed by atoms with van der Waals surface area (Å²) in [6, 6.07) is 8.04. The van der Waals surface area contributed by atoms with E-state index in [2.05, 4.69) is 0 Å². The van der Waals surface area contributed by atoms with E-state index in [1.165, 1.54) is 19.2 Å². The van der Waals surface area contributed by atoms with Crippen LogP contribution in [-0.2, 0) is 6.18 Å². The van der Waals surface area contributed by atoms with E-state index in [9.17, 15) is 22.4 Å². The number of halogens is 4. The van der Waals surface area contributed by atoms with Gasteiger partial charge in [-0.3, -0.25) is 0 Å². The lowest BCUT2D eigenvalue weighted by atomic mass is 10.1. The van der Waals surface area contributed by atoms with E-state index < -0.39 is 29.1 Å². The van der Waals surface area contributed by atoms with Crippen molar-refractivity contribution in [1.29, 1.82) is 0 Å². The van der Waals surface area contributed by atoms with Crippen LogP contribution in [0.15, 0.2) is 42.5 Å². The van der Waals surface area contributed by atoms with E-state index >= 15 is 0 Å². The molecule has 0 unspecified atom stereocenters. The van der Waals surface area contributed by atoms with Crippen LogP contribution in [0.1, 0.15) is 15.9 Å². The van der Waals surface area contributed by atoms with Gasteiger partial charge in [-0.1, -0.05) is 12.1 Å². The Morgan fingerprint density at radius 1 is 1.05 bits per heavy atom. The molecule has 0 bridgehead atoms. The smallest absolute Gasteiger partial charge is 0.419 e. The molecule has 2 rings (SSSR count). The Kier molecular flexibility index (Phi) is 4.35. The van der Waals surface area contributed by atoms with Crippen LogP contribution in [0.3, 0.4) is 0 Å². The summed E-state index contributed by atoms with van der Waals surface area (Å²) in [5, 5.41) is 0. The number of methoxy groups -OCH3 is 1. The van der Waals surface area contributed by atoms with Crippen LogP contribution >= 0.6 is 0 Å². The number of hydrogen-bond acceptors (Lipinski definition) is 3. The van der Waals surface area contributed by atoms with Crippen molar-refractivity contribution in [2.75, 3.05) is 7.11 Å². The largest absolute Gasteiger partial charge is 0.493 e. The first-order chi connectivity index (χ1) is 10.3. The molecular weight excluding hydrogens is 304 g/mol. The van der Waals surface area contributed by atoms with Gasteiger partial charge in [0.25, 0.3) is 0 Å². The Balaban J connectivity index is 2.31. The van der Waals surface area contributed by atoms with Gasteiger partial charge in [0.05, 0.1) is 18.2 Å². The molecule has 116 valence electrons. The molecule has 2 aromatic rings. The standard InChI is InChI=1S/C15H10F4O3/c1-21-12-4-2-3-5-13(12)22-14(20)9-6-7-11(16)10(8-9)15(17,18)19/h2-8H,1H3. The lowest BCUT2D eigenvalue weighted by molar-refractivity contribution is -0.140. The summed E-state index contributed by atoms with van der Waals surface area (Å²) in [5.41, 5.74) is -1.94. The van der Waals surface area contributed by atoms with E-state index in [1.807, 2.05) is 0 Å². The van der Waals surface area contributed by atoms with Crippen LogP contribution < -0.4 is 9.47 Å². The van der Waals surface area contributed by atoms with Crippen LogP contribution in [0.5, 0.6) is 11.5 Å². The molecule has 2 aromatic carbocycles. The molecule has 0 N–H and O–H groups in total. The molecule has 7 heteroatoms. The maximum atomic E-state index is 13.2. The molecule has 0 heterocycles. The number of ether oxygens (including phenoxy) is 2. The van der Waals surface area contributed by atoms with Gasteiger partial charge in [0.1, 0.15) is 5.82 Å². The lowest BCUT2D eigenvalue weighted by Crippen LogP contribution is -2.13. The van der Waals surface area contributed by atoms with Gasteiger partial charge in [0.15, 0.2) is 11.5 Å². The predicted molar refractivity (Wildman–Crippen MR) is 69.4 cm³/mol. The molecule has 0 radical (unpaired) electrons. The number of carbonyl (C=O) groups is 1. The molecule has 0 aromatic heterocycles. The summed E-state index contributed by atoms with van der Waals surface area (Å²) < 4.78 is 61.0. The number of rotatable bonds is 3. The summed E-state index contributed by atoms with van der Waals surface area (Å²) in [4.78, 5) is 11.9. The third kappa shape index (κ3) is 3.36. The minimum atomic E-state index is -4.90. The van der Waals surface area contributed by atoms with Gasteiger partial charge in [-0.05, 0) is 30.3 Å². The topological polar surface area (TPSA) is 35.5 Å². The predicted octanol–water partition coefficient (Wildman–Crippen LogP) is 4.07. The van der Waals surface area contributed by atoms with Gasteiger partial charge in [0.2, 0.25) is 0 Å². The normalized spacial score (nSPS) is 11.1. The van der Waals surface area contributed by atoms with Crippen molar-refractivity contribution in [2.24, 2.45) is 0 Å². The highest BCUT2D eigenvalue weighted by Gasteiger charge is 2.34. The Morgan fingerprint density at radius 2 is 1.68 bits per heavy atom. The molecule has 0 amide bonds. The molecule has 0 aliphatic heterocycles. The maximum Gasteiger partial charge on any atom is 0.419 e. The SMILES string of the molecule is COc1ccccc1OC(=O)c1ccc(F)c(C(F)(F)F)c1. The second-order valence-electron chi connectivity index (χ2n) is 4.23. The van der Waals surface area contributed by atoms with E-state index in [0.29, 0.717) is 12.1 Å². The minimum absolute atomic E-state index is 0.0490. The lowest BCUT2D eigenvalue weighted by Gasteiger charge is -2.11. The van der Waals surface area contributed by atoms with E-state index in [1.54, 1.807) is 12.1 Å². The average Bonchev–Trinajstić information content (AvgIpc) is 2.47. The fraction of sp³-hybridized carbons (Fsp3) is 0.133. The maximum absolute atomic E-state index is 13.2. The van der Waals surface area contributed by atoms with E-state index in [-0.39, 0.29) is 11.5 Å². The van der Waals surface area contributed by atoms with Crippen LogP contribution in [0.25, 0.3) is 0 Å². The number of alkyl halides is 3. The van der Waals surface area contributed by atoms with E-state index in [4.69, 9.17) is 9.47 Å². The molecule has 0 fully saturated rings. The summed E-state index contributed by atoms with van der Waals surface area (Å²) in [6.45, 7) is 0. The molecule has 0 aliphatic rings. The van der Waals surface area contributed by atoms with Crippen molar-refractivity contribution >= 4 is 5.97 Å². The number of para-hydroxylation sites is 2. The first kappa shape index (κ1) is 15.8. The fourth-order valence-electron chi connectivity index (χ4n) is 1.73. The first-order valence-corrected chi connectivity index (χ1v) is 6.05. The molecule has 0 spiro atoms. The van der Waals surface area contributed by atoms with E-state index in [0.717, 1.165) is 6.07 Å². The highest BCUT2D eigenvalue weighted by molar-refractivity contribution is 5.91. The molecule has 22 heavy (non-hydrogen) atoms. The summed E-state index contributed by atoms with van der Waals surface area (Å²) in [6.07, 6.45) is -4.90. The summed E-state index contributed by atoms with van der Waals surface area (Å²) in [5.74, 6) is -2.21. The number of esters is 1. The molecule has 0 saturated heterocycles. The molecule has 0 atom stereocenters. The third-order valence-corrected chi connectivity index (χ3v) is 2.78. The number of carbonyl (C=O) groups excluding carboxylic acids is 1. The Hall–Kier alpha value is -2.57. The van der Waals surface area contributed by atoms with Crippen molar-refractivity contribution in [3.8, 4) is 11.5 Å². The van der Waals surface area contributed by atoms with Gasteiger partial charge in [0, 0.05) is 0 Å². The van der Waals surface area contributed by atoms with Crippen LogP contribution in [-0.4, -0.2) is 13.1 Å². The molecule has 3 nitrogen and oxygen atoms in total. The number of benzene rings is 2. The first-order valence-electron chi connectivity index (χ1n) is 6.05. The second kappa shape index (κ2) is 6.05. The average molecular weight is 314 g/mol. The third-order valence-electron chi connectivity index (χ3n) is 2.78. The fourth-order valence-corrected chi connectivity index (χ4v) is 1.73. The van der Waals surface area contributed by atoms with Gasteiger partial charge >= 0.3 is 12.1 Å². The van der Waals surface area contributed by atoms with Crippen LogP contribution in [0.4, 0.5) is 17.6 Å². The van der Waals surface area contributed by atoms with Gasteiger partial charge in [-0.2, -0.15) is 13.2 Å². The van der Waals surface area contributed by atoms with Crippen LogP contribution in [0.2, 0.25) is 0 Å². The Morgan fingerprint density at radius 3 is 2.27 bits per heavy atom. The number of hydrogen-bond donors (Lipinski definition) is 0.